The van der Waals surface area contributed by atoms with Crippen molar-refractivity contribution in [3.63, 3.8) is 0 Å². The number of furan rings is 1. The van der Waals surface area contributed by atoms with Crippen molar-refractivity contribution >= 4 is 22.1 Å². The van der Waals surface area contributed by atoms with Gasteiger partial charge in [-0.3, -0.25) is 0 Å². The summed E-state index contributed by atoms with van der Waals surface area (Å²) in [5.74, 6) is 0.412. The topological polar surface area (TPSA) is 112 Å². The zero-order valence-electron chi connectivity index (χ0n) is 16.5. The number of benzene rings is 1. The summed E-state index contributed by atoms with van der Waals surface area (Å²) in [7, 11) is -3.55. The summed E-state index contributed by atoms with van der Waals surface area (Å²) in [6, 6.07) is 11.4. The van der Waals surface area contributed by atoms with E-state index in [0.29, 0.717) is 49.1 Å². The third-order valence-electron chi connectivity index (χ3n) is 4.59. The minimum atomic E-state index is -3.55. The summed E-state index contributed by atoms with van der Waals surface area (Å²) in [4.78, 5) is 12.2. The number of ether oxygens (including phenoxy) is 2. The normalized spacial score (nSPS) is 15.4. The predicted octanol–water partition coefficient (Wildman–Crippen LogP) is 2.71. The average molecular weight is 444 g/mol. The molecule has 0 saturated carbocycles. The van der Waals surface area contributed by atoms with Crippen molar-refractivity contribution in [3.05, 3.63) is 66.1 Å². The van der Waals surface area contributed by atoms with Gasteiger partial charge in [-0.1, -0.05) is 17.3 Å². The molecule has 1 saturated heterocycles. The molecule has 0 bridgehead atoms. The van der Waals surface area contributed by atoms with Crippen LogP contribution in [0.4, 0.5) is 0 Å². The van der Waals surface area contributed by atoms with Gasteiger partial charge in [0.05, 0.1) is 24.4 Å². The number of nitrogens with zero attached hydrogens (tertiary/aromatic N) is 2. The van der Waals surface area contributed by atoms with Gasteiger partial charge in [0, 0.05) is 25.2 Å². The molecular formula is C21H20N2O7S. The molecule has 1 aromatic carbocycles. The average Bonchev–Trinajstić information content (AvgIpc) is 3.49. The first kappa shape index (κ1) is 21.0. The van der Waals surface area contributed by atoms with E-state index in [2.05, 4.69) is 5.16 Å². The Labute approximate surface area is 178 Å². The quantitative estimate of drug-likeness (QED) is 0.404. The lowest BCUT2D eigenvalue weighted by Gasteiger charge is -2.26. The molecule has 0 spiro atoms. The minimum absolute atomic E-state index is 0.0515. The van der Waals surface area contributed by atoms with Crippen LogP contribution in [0.2, 0.25) is 0 Å². The summed E-state index contributed by atoms with van der Waals surface area (Å²) >= 11 is 0. The van der Waals surface area contributed by atoms with E-state index in [1.54, 1.807) is 36.4 Å². The Morgan fingerprint density at radius 2 is 1.90 bits per heavy atom. The second-order valence-electron chi connectivity index (χ2n) is 6.69. The van der Waals surface area contributed by atoms with E-state index in [1.165, 1.54) is 28.8 Å². The maximum atomic E-state index is 12.6. The molecule has 0 aliphatic carbocycles. The molecule has 1 aliphatic rings. The number of rotatable bonds is 7. The van der Waals surface area contributed by atoms with E-state index in [9.17, 15) is 13.2 Å². The molecule has 9 nitrogen and oxygen atoms in total. The molecule has 31 heavy (non-hydrogen) atoms. The van der Waals surface area contributed by atoms with Crippen LogP contribution in [0.5, 0.6) is 0 Å². The summed E-state index contributed by atoms with van der Waals surface area (Å²) in [6.07, 6.45) is 4.33. The lowest BCUT2D eigenvalue weighted by Crippen LogP contribution is -2.40. The first-order valence-electron chi connectivity index (χ1n) is 9.55. The van der Waals surface area contributed by atoms with Crippen LogP contribution in [0.1, 0.15) is 11.3 Å². The highest BCUT2D eigenvalue weighted by molar-refractivity contribution is 7.89. The molecule has 162 valence electrons. The highest BCUT2D eigenvalue weighted by atomic mass is 32.2. The van der Waals surface area contributed by atoms with E-state index < -0.39 is 16.0 Å². The van der Waals surface area contributed by atoms with E-state index in [4.69, 9.17) is 18.4 Å². The van der Waals surface area contributed by atoms with Crippen molar-refractivity contribution in [2.75, 3.05) is 26.3 Å². The molecule has 10 heteroatoms. The number of sulfonamides is 1. The van der Waals surface area contributed by atoms with E-state index in [1.807, 2.05) is 0 Å². The van der Waals surface area contributed by atoms with Crippen LogP contribution in [0, 0.1) is 0 Å². The van der Waals surface area contributed by atoms with E-state index in [-0.39, 0.29) is 11.5 Å². The third kappa shape index (κ3) is 5.10. The van der Waals surface area contributed by atoms with Crippen LogP contribution in [0.25, 0.3) is 17.6 Å². The fraction of sp³-hybridized carbons (Fsp3) is 0.238. The van der Waals surface area contributed by atoms with Gasteiger partial charge in [0.2, 0.25) is 15.8 Å². The summed E-state index contributed by atoms with van der Waals surface area (Å²) in [6.45, 7) is 1.40. The number of carbonyl (C=O) groups excluding carboxylic acids is 1. The van der Waals surface area contributed by atoms with Gasteiger partial charge in [-0.15, -0.1) is 0 Å². The molecule has 3 aromatic rings. The van der Waals surface area contributed by atoms with Crippen molar-refractivity contribution in [2.24, 2.45) is 0 Å². The summed E-state index contributed by atoms with van der Waals surface area (Å²) in [5, 5.41) is 3.83. The molecule has 1 fully saturated rings. The molecule has 3 heterocycles. The van der Waals surface area contributed by atoms with Gasteiger partial charge in [0.15, 0.2) is 5.76 Å². The van der Waals surface area contributed by atoms with Gasteiger partial charge in [-0.25, -0.2) is 13.2 Å². The minimum Gasteiger partial charge on any atom is -0.461 e. The van der Waals surface area contributed by atoms with Gasteiger partial charge in [-0.2, -0.15) is 4.31 Å². The number of hydrogen-bond acceptors (Lipinski definition) is 8. The van der Waals surface area contributed by atoms with Crippen molar-refractivity contribution in [1.82, 2.24) is 9.46 Å². The van der Waals surface area contributed by atoms with Crippen molar-refractivity contribution in [1.29, 1.82) is 0 Å². The largest absolute Gasteiger partial charge is 0.461 e. The lowest BCUT2D eigenvalue weighted by molar-refractivity contribution is -0.139. The molecule has 0 amide bonds. The monoisotopic (exact) mass is 444 g/mol. The Bertz CT molecular complexity index is 1140. The second kappa shape index (κ2) is 9.29. The maximum absolute atomic E-state index is 12.6. The van der Waals surface area contributed by atoms with Crippen molar-refractivity contribution < 1.29 is 31.6 Å². The molecule has 0 N–H and O–H groups in total. The zero-order valence-corrected chi connectivity index (χ0v) is 17.3. The molecule has 2 aromatic heterocycles. The SMILES string of the molecule is O=C(/C=C/c1ccc(S(=O)(=O)N2CCOCC2)cc1)OCc1cc(-c2ccco2)on1. The standard InChI is InChI=1S/C21H20N2O7S/c24-21(29-15-17-14-20(30-22-17)19-2-1-11-28-19)8-5-16-3-6-18(7-4-16)31(25,26)23-9-12-27-13-10-23/h1-8,11,14H,9-10,12-13,15H2/b8-5+. The fourth-order valence-corrected chi connectivity index (χ4v) is 4.37. The zero-order chi connectivity index (χ0) is 21.7. The second-order valence-corrected chi connectivity index (χ2v) is 8.62. The number of carbonyl (C=O) groups is 1. The molecular weight excluding hydrogens is 424 g/mol. The Kier molecular flexibility index (Phi) is 6.31. The highest BCUT2D eigenvalue weighted by Gasteiger charge is 2.25. The smallest absolute Gasteiger partial charge is 0.331 e. The Morgan fingerprint density at radius 3 is 2.61 bits per heavy atom. The van der Waals surface area contributed by atoms with Crippen LogP contribution in [-0.4, -0.2) is 50.2 Å². The highest BCUT2D eigenvalue weighted by Crippen LogP contribution is 2.21. The predicted molar refractivity (Wildman–Crippen MR) is 109 cm³/mol. The number of morpholine rings is 1. The lowest BCUT2D eigenvalue weighted by atomic mass is 10.2. The van der Waals surface area contributed by atoms with Gasteiger partial charge in [0.1, 0.15) is 12.3 Å². The summed E-state index contributed by atoms with van der Waals surface area (Å²) in [5.41, 5.74) is 1.12. The molecule has 1 aliphatic heterocycles. The summed E-state index contributed by atoms with van der Waals surface area (Å²) < 4.78 is 47.3. The van der Waals surface area contributed by atoms with Gasteiger partial charge < -0.3 is 18.4 Å². The molecule has 0 atom stereocenters. The fourth-order valence-electron chi connectivity index (χ4n) is 2.96. The van der Waals surface area contributed by atoms with Gasteiger partial charge >= 0.3 is 5.97 Å². The van der Waals surface area contributed by atoms with E-state index >= 15 is 0 Å². The van der Waals surface area contributed by atoms with Crippen LogP contribution in [0.3, 0.4) is 0 Å². The van der Waals surface area contributed by atoms with Crippen LogP contribution >= 0.6 is 0 Å². The number of aromatic nitrogens is 1. The van der Waals surface area contributed by atoms with Gasteiger partial charge in [-0.05, 0) is 35.9 Å². The maximum Gasteiger partial charge on any atom is 0.331 e. The Balaban J connectivity index is 1.31. The van der Waals surface area contributed by atoms with E-state index in [0.717, 1.165) is 0 Å². The Morgan fingerprint density at radius 1 is 1.13 bits per heavy atom. The first-order valence-corrected chi connectivity index (χ1v) is 11.0. The van der Waals surface area contributed by atoms with Gasteiger partial charge in [0.25, 0.3) is 0 Å². The van der Waals surface area contributed by atoms with Crippen LogP contribution in [-0.2, 0) is 30.9 Å². The number of esters is 1. The van der Waals surface area contributed by atoms with Crippen molar-refractivity contribution in [2.45, 2.75) is 11.5 Å². The molecule has 0 radical (unpaired) electrons. The first-order chi connectivity index (χ1) is 15.0. The molecule has 4 rings (SSSR count). The van der Waals surface area contributed by atoms with Crippen LogP contribution in [0.15, 0.2) is 68.6 Å². The number of hydrogen-bond donors (Lipinski definition) is 0. The Hall–Kier alpha value is -3.21. The molecule has 0 unspecified atom stereocenters. The van der Waals surface area contributed by atoms with Crippen LogP contribution < -0.4 is 0 Å². The van der Waals surface area contributed by atoms with Crippen molar-refractivity contribution in [3.8, 4) is 11.5 Å². The third-order valence-corrected chi connectivity index (χ3v) is 6.50.